The standard InChI is InChI=1S/3C7H16O.C6H14O/c3*1-6(2)5-7(3,4)8;1-4-5-6(2,3)7/h3*6,8H,5H2,1-4H3;7H,4-5H2,1-3H3. The minimum absolute atomic E-state index is 0.450. The first-order valence-electron chi connectivity index (χ1n) is 12.2. The maximum atomic E-state index is 9.19. The van der Waals surface area contributed by atoms with Gasteiger partial charge < -0.3 is 20.4 Å². The quantitative estimate of drug-likeness (QED) is 0.322. The van der Waals surface area contributed by atoms with Crippen LogP contribution in [0.1, 0.15) is 136 Å². The van der Waals surface area contributed by atoms with E-state index in [-0.39, 0.29) is 0 Å². The van der Waals surface area contributed by atoms with Crippen LogP contribution in [0, 0.1) is 17.8 Å². The van der Waals surface area contributed by atoms with Gasteiger partial charge in [-0.3, -0.25) is 0 Å². The molecule has 0 heterocycles. The highest BCUT2D eigenvalue weighted by Gasteiger charge is 2.14. The van der Waals surface area contributed by atoms with Crippen molar-refractivity contribution in [3.05, 3.63) is 0 Å². The Morgan fingerprint density at radius 2 is 0.645 bits per heavy atom. The smallest absolute Gasteiger partial charge is 0.0594 e. The van der Waals surface area contributed by atoms with Gasteiger partial charge in [0, 0.05) is 0 Å². The van der Waals surface area contributed by atoms with Crippen LogP contribution in [0.2, 0.25) is 0 Å². The first-order valence-corrected chi connectivity index (χ1v) is 12.2. The van der Waals surface area contributed by atoms with Crippen molar-refractivity contribution in [2.24, 2.45) is 17.8 Å². The Morgan fingerprint density at radius 3 is 0.645 bits per heavy atom. The van der Waals surface area contributed by atoms with E-state index in [2.05, 4.69) is 48.5 Å². The molecule has 0 aliphatic heterocycles. The minimum atomic E-state index is -0.478. The van der Waals surface area contributed by atoms with Crippen molar-refractivity contribution >= 4 is 0 Å². The Labute approximate surface area is 196 Å². The monoisotopic (exact) mass is 450 g/mol. The Morgan fingerprint density at radius 1 is 0.452 bits per heavy atom. The SMILES string of the molecule is CC(C)CC(C)(C)O.CC(C)CC(C)(C)O.CC(C)CC(C)(C)O.CCCC(C)(C)O. The highest BCUT2D eigenvalue weighted by Crippen LogP contribution is 2.15. The topological polar surface area (TPSA) is 80.9 Å². The van der Waals surface area contributed by atoms with Gasteiger partial charge in [0.2, 0.25) is 0 Å². The summed E-state index contributed by atoms with van der Waals surface area (Å²) in [5, 5.41) is 36.6. The van der Waals surface area contributed by atoms with Gasteiger partial charge >= 0.3 is 0 Å². The third-order valence-electron chi connectivity index (χ3n) is 3.59. The van der Waals surface area contributed by atoms with Gasteiger partial charge in [-0.25, -0.2) is 0 Å². The zero-order valence-electron chi connectivity index (χ0n) is 24.1. The second-order valence-corrected chi connectivity index (χ2v) is 12.8. The maximum Gasteiger partial charge on any atom is 0.0594 e. The lowest BCUT2D eigenvalue weighted by Crippen LogP contribution is -2.20. The largest absolute Gasteiger partial charge is 0.390 e. The molecule has 0 aliphatic rings. The average molecular weight is 451 g/mol. The third kappa shape index (κ3) is 65.2. The van der Waals surface area contributed by atoms with Crippen LogP contribution < -0.4 is 0 Å². The van der Waals surface area contributed by atoms with E-state index in [9.17, 15) is 15.3 Å². The summed E-state index contributed by atoms with van der Waals surface area (Å²) in [7, 11) is 0. The lowest BCUT2D eigenvalue weighted by Gasteiger charge is -2.18. The van der Waals surface area contributed by atoms with Crippen molar-refractivity contribution < 1.29 is 20.4 Å². The summed E-state index contributed by atoms with van der Waals surface area (Å²) >= 11 is 0. The van der Waals surface area contributed by atoms with Crippen molar-refractivity contribution in [2.75, 3.05) is 0 Å². The Balaban J connectivity index is -0.000000157. The summed E-state index contributed by atoms with van der Waals surface area (Å²) in [5.41, 5.74) is -1.88. The molecule has 0 fully saturated rings. The predicted octanol–water partition coefficient (Wildman–Crippen LogP) is 6.97. The second-order valence-electron chi connectivity index (χ2n) is 12.8. The molecule has 0 rings (SSSR count). The molecule has 0 bridgehead atoms. The highest BCUT2D eigenvalue weighted by molar-refractivity contribution is 4.67. The number of hydrogen-bond donors (Lipinski definition) is 4. The van der Waals surface area contributed by atoms with Crippen LogP contribution in [0.3, 0.4) is 0 Å². The first kappa shape index (κ1) is 38.1. The fourth-order valence-electron chi connectivity index (χ4n) is 3.61. The Hall–Kier alpha value is -0.160. The van der Waals surface area contributed by atoms with Gasteiger partial charge in [-0.2, -0.15) is 0 Å². The maximum absolute atomic E-state index is 9.19. The van der Waals surface area contributed by atoms with Gasteiger partial charge in [0.1, 0.15) is 0 Å². The van der Waals surface area contributed by atoms with Gasteiger partial charge in [0.05, 0.1) is 22.4 Å². The van der Waals surface area contributed by atoms with Crippen molar-refractivity contribution in [3.8, 4) is 0 Å². The van der Waals surface area contributed by atoms with Gasteiger partial charge in [-0.05, 0) is 98.8 Å². The predicted molar refractivity (Wildman–Crippen MR) is 138 cm³/mol. The van der Waals surface area contributed by atoms with Crippen molar-refractivity contribution in [1.82, 2.24) is 0 Å². The summed E-state index contributed by atoms with van der Waals surface area (Å²) < 4.78 is 0. The molecule has 4 heteroatoms. The van der Waals surface area contributed by atoms with E-state index in [4.69, 9.17) is 5.11 Å². The van der Waals surface area contributed by atoms with Crippen LogP contribution in [-0.4, -0.2) is 42.8 Å². The van der Waals surface area contributed by atoms with Crippen LogP contribution in [0.5, 0.6) is 0 Å². The van der Waals surface area contributed by atoms with Gasteiger partial charge in [-0.1, -0.05) is 54.9 Å². The molecule has 0 saturated carbocycles. The Bertz CT molecular complexity index is 324. The van der Waals surface area contributed by atoms with E-state index < -0.39 is 22.4 Å². The second kappa shape index (κ2) is 17.3. The lowest BCUT2D eigenvalue weighted by molar-refractivity contribution is 0.0571. The van der Waals surface area contributed by atoms with Crippen LogP contribution in [0.25, 0.3) is 0 Å². The molecule has 0 saturated heterocycles. The fourth-order valence-corrected chi connectivity index (χ4v) is 3.61. The number of aliphatic hydroxyl groups is 4. The van der Waals surface area contributed by atoms with Crippen LogP contribution in [0.4, 0.5) is 0 Å². The summed E-state index contributed by atoms with van der Waals surface area (Å²) in [6, 6.07) is 0. The van der Waals surface area contributed by atoms with E-state index in [1.807, 2.05) is 55.4 Å². The summed E-state index contributed by atoms with van der Waals surface area (Å²) in [4.78, 5) is 0. The van der Waals surface area contributed by atoms with Gasteiger partial charge in [0.25, 0.3) is 0 Å². The zero-order valence-corrected chi connectivity index (χ0v) is 24.1. The van der Waals surface area contributed by atoms with Crippen molar-refractivity contribution in [2.45, 2.75) is 158 Å². The molecule has 0 aromatic rings. The van der Waals surface area contributed by atoms with Crippen molar-refractivity contribution in [1.29, 1.82) is 0 Å². The van der Waals surface area contributed by atoms with Crippen LogP contribution in [0.15, 0.2) is 0 Å². The average Bonchev–Trinajstić information content (AvgIpc) is 2.28. The molecule has 0 unspecified atom stereocenters. The van der Waals surface area contributed by atoms with E-state index in [0.717, 1.165) is 32.1 Å². The molecule has 0 aliphatic carbocycles. The molecule has 194 valence electrons. The zero-order chi connectivity index (χ0) is 26.3. The molecule has 31 heavy (non-hydrogen) atoms. The Kier molecular flexibility index (Phi) is 21.3. The molecule has 4 nitrogen and oxygen atoms in total. The molecule has 0 atom stereocenters. The molecule has 0 aromatic carbocycles. The van der Waals surface area contributed by atoms with E-state index in [1.54, 1.807) is 0 Å². The third-order valence-corrected chi connectivity index (χ3v) is 3.59. The fraction of sp³-hybridized carbons (Fsp3) is 1.00. The van der Waals surface area contributed by atoms with E-state index in [1.165, 1.54) is 0 Å². The summed E-state index contributed by atoms with van der Waals surface area (Å²) in [6.07, 6.45) is 4.60. The van der Waals surface area contributed by atoms with Crippen LogP contribution >= 0.6 is 0 Å². The molecule has 4 N–H and O–H groups in total. The molecule has 0 spiro atoms. The van der Waals surface area contributed by atoms with Crippen LogP contribution in [-0.2, 0) is 0 Å². The van der Waals surface area contributed by atoms with Gasteiger partial charge in [-0.15, -0.1) is 0 Å². The first-order chi connectivity index (χ1) is 13.3. The molecular weight excluding hydrogens is 388 g/mol. The minimum Gasteiger partial charge on any atom is -0.390 e. The molecule has 0 radical (unpaired) electrons. The lowest BCUT2D eigenvalue weighted by atomic mass is 9.97. The summed E-state index contributed by atoms with van der Waals surface area (Å²) in [5.74, 6) is 1.78. The number of hydrogen-bond acceptors (Lipinski definition) is 4. The van der Waals surface area contributed by atoms with E-state index >= 15 is 0 Å². The summed E-state index contributed by atoms with van der Waals surface area (Å²) in [6.45, 7) is 29.4. The van der Waals surface area contributed by atoms with Gasteiger partial charge in [0.15, 0.2) is 0 Å². The highest BCUT2D eigenvalue weighted by atomic mass is 16.3. The normalized spacial score (nSPS) is 12.6. The molecular formula is C27H62O4. The molecule has 0 amide bonds. The van der Waals surface area contributed by atoms with E-state index in [0.29, 0.717) is 17.8 Å². The number of rotatable bonds is 8. The molecule has 0 aromatic heterocycles. The van der Waals surface area contributed by atoms with Crippen molar-refractivity contribution in [3.63, 3.8) is 0 Å².